The number of anilines is 1. The molecule has 0 spiro atoms. The van der Waals surface area contributed by atoms with Crippen LogP contribution in [0.2, 0.25) is 0 Å². The number of hydrogen-bond donors (Lipinski definition) is 1. The number of benzene rings is 1. The van der Waals surface area contributed by atoms with Gasteiger partial charge in [0, 0.05) is 12.0 Å². The summed E-state index contributed by atoms with van der Waals surface area (Å²) in [6.45, 7) is 1.92. The number of nitrogens with zero attached hydrogens (tertiary/aromatic N) is 2. The molecule has 0 saturated heterocycles. The third-order valence-corrected chi connectivity index (χ3v) is 3.12. The smallest absolute Gasteiger partial charge is 0.226 e. The van der Waals surface area contributed by atoms with Gasteiger partial charge in [-0.2, -0.15) is 0 Å². The van der Waals surface area contributed by atoms with Gasteiger partial charge < -0.3 is 5.32 Å². The highest BCUT2D eigenvalue weighted by atomic mass is 32.1. The fourth-order valence-electron chi connectivity index (χ4n) is 1.43. The monoisotopic (exact) mass is 265 g/mol. The van der Waals surface area contributed by atoms with Gasteiger partial charge in [-0.25, -0.2) is 4.39 Å². The Morgan fingerprint density at radius 2 is 2.17 bits per heavy atom. The molecule has 0 atom stereocenters. The number of carbonyl (C=O) groups is 1. The van der Waals surface area contributed by atoms with Crippen molar-refractivity contribution in [2.75, 3.05) is 5.32 Å². The summed E-state index contributed by atoms with van der Waals surface area (Å²) < 4.78 is 13.5. The fourth-order valence-corrected chi connectivity index (χ4v) is 2.21. The highest BCUT2D eigenvalue weighted by molar-refractivity contribution is 7.18. The van der Waals surface area contributed by atoms with Crippen molar-refractivity contribution in [3.63, 3.8) is 0 Å². The van der Waals surface area contributed by atoms with E-state index in [0.29, 0.717) is 22.1 Å². The first-order chi connectivity index (χ1) is 8.70. The Labute approximate surface area is 108 Å². The zero-order chi connectivity index (χ0) is 13.0. The number of rotatable bonds is 4. The standard InChI is InChI=1S/C12H12FN3OS/c1-2-5-10(17)14-12-16-15-11(18-12)8-6-3-4-7-9(8)13/h3-4,6-7H,2,5H2,1H3,(H,14,16,17). The SMILES string of the molecule is CCCC(=O)Nc1nnc(-c2ccccc2F)s1. The van der Waals surface area contributed by atoms with Gasteiger partial charge in [-0.05, 0) is 18.6 Å². The van der Waals surface area contributed by atoms with Gasteiger partial charge in [0.2, 0.25) is 11.0 Å². The number of aromatic nitrogens is 2. The molecule has 1 amide bonds. The van der Waals surface area contributed by atoms with Gasteiger partial charge in [-0.15, -0.1) is 10.2 Å². The number of hydrogen-bond acceptors (Lipinski definition) is 4. The summed E-state index contributed by atoms with van der Waals surface area (Å²) >= 11 is 1.16. The van der Waals surface area contributed by atoms with Crippen molar-refractivity contribution in [3.8, 4) is 10.6 Å². The Morgan fingerprint density at radius 3 is 2.89 bits per heavy atom. The average Bonchev–Trinajstić information content (AvgIpc) is 2.78. The van der Waals surface area contributed by atoms with E-state index < -0.39 is 0 Å². The lowest BCUT2D eigenvalue weighted by molar-refractivity contribution is -0.116. The summed E-state index contributed by atoms with van der Waals surface area (Å²) in [5.74, 6) is -0.450. The van der Waals surface area contributed by atoms with Crippen molar-refractivity contribution < 1.29 is 9.18 Å². The van der Waals surface area contributed by atoms with Crippen LogP contribution in [-0.4, -0.2) is 16.1 Å². The topological polar surface area (TPSA) is 54.9 Å². The maximum Gasteiger partial charge on any atom is 0.226 e. The van der Waals surface area contributed by atoms with Gasteiger partial charge in [0.25, 0.3) is 0 Å². The molecule has 0 aliphatic rings. The molecule has 1 heterocycles. The van der Waals surface area contributed by atoms with Gasteiger partial charge in [0.15, 0.2) is 5.01 Å². The van der Waals surface area contributed by atoms with Gasteiger partial charge >= 0.3 is 0 Å². The largest absolute Gasteiger partial charge is 0.301 e. The molecule has 4 nitrogen and oxygen atoms in total. The quantitative estimate of drug-likeness (QED) is 0.924. The van der Waals surface area contributed by atoms with E-state index in [4.69, 9.17) is 0 Å². The molecule has 0 bridgehead atoms. The predicted molar refractivity (Wildman–Crippen MR) is 68.8 cm³/mol. The van der Waals surface area contributed by atoms with Crippen LogP contribution < -0.4 is 5.32 Å². The molecule has 6 heteroatoms. The van der Waals surface area contributed by atoms with Crippen molar-refractivity contribution in [2.24, 2.45) is 0 Å². The summed E-state index contributed by atoms with van der Waals surface area (Å²) in [6, 6.07) is 6.35. The number of nitrogens with one attached hydrogen (secondary N) is 1. The van der Waals surface area contributed by atoms with Gasteiger partial charge in [-0.1, -0.05) is 30.4 Å². The number of carbonyl (C=O) groups excluding carboxylic acids is 1. The fraction of sp³-hybridized carbons (Fsp3) is 0.250. The van der Waals surface area contributed by atoms with E-state index in [0.717, 1.165) is 17.8 Å². The molecule has 0 saturated carbocycles. The first kappa shape index (κ1) is 12.6. The molecule has 0 radical (unpaired) electrons. The molecule has 0 unspecified atom stereocenters. The van der Waals surface area contributed by atoms with E-state index in [1.807, 2.05) is 6.92 Å². The Kier molecular flexibility index (Phi) is 3.99. The van der Waals surface area contributed by atoms with E-state index in [9.17, 15) is 9.18 Å². The zero-order valence-electron chi connectivity index (χ0n) is 9.81. The summed E-state index contributed by atoms with van der Waals surface area (Å²) in [5.41, 5.74) is 0.394. The van der Waals surface area contributed by atoms with Crippen molar-refractivity contribution in [3.05, 3.63) is 30.1 Å². The molecule has 94 valence electrons. The van der Waals surface area contributed by atoms with Crippen LogP contribution in [0, 0.1) is 5.82 Å². The normalized spacial score (nSPS) is 10.3. The van der Waals surface area contributed by atoms with Crippen molar-refractivity contribution >= 4 is 22.4 Å². The van der Waals surface area contributed by atoms with Crippen LogP contribution in [0.3, 0.4) is 0 Å². The third kappa shape index (κ3) is 2.89. The molecular weight excluding hydrogens is 253 g/mol. The molecule has 1 aromatic carbocycles. The molecule has 2 rings (SSSR count). The lowest BCUT2D eigenvalue weighted by Crippen LogP contribution is -2.10. The number of halogens is 1. The van der Waals surface area contributed by atoms with Gasteiger partial charge in [0.05, 0.1) is 0 Å². The maximum absolute atomic E-state index is 13.5. The van der Waals surface area contributed by atoms with Crippen LogP contribution in [0.5, 0.6) is 0 Å². The van der Waals surface area contributed by atoms with Crippen molar-refractivity contribution in [2.45, 2.75) is 19.8 Å². The Balaban J connectivity index is 2.16. The summed E-state index contributed by atoms with van der Waals surface area (Å²) in [4.78, 5) is 11.4. The van der Waals surface area contributed by atoms with Crippen molar-refractivity contribution in [1.29, 1.82) is 0 Å². The second kappa shape index (κ2) is 5.68. The second-order valence-corrected chi connectivity index (χ2v) is 4.67. The summed E-state index contributed by atoms with van der Waals surface area (Å²) in [6.07, 6.45) is 1.21. The highest BCUT2D eigenvalue weighted by Gasteiger charge is 2.11. The predicted octanol–water partition coefficient (Wildman–Crippen LogP) is 3.08. The van der Waals surface area contributed by atoms with E-state index in [2.05, 4.69) is 15.5 Å². The lowest BCUT2D eigenvalue weighted by Gasteiger charge is -1.97. The van der Waals surface area contributed by atoms with Crippen LogP contribution in [0.1, 0.15) is 19.8 Å². The van der Waals surface area contributed by atoms with E-state index in [1.165, 1.54) is 6.07 Å². The van der Waals surface area contributed by atoms with Crippen LogP contribution in [-0.2, 0) is 4.79 Å². The van der Waals surface area contributed by atoms with Crippen LogP contribution in [0.25, 0.3) is 10.6 Å². The Morgan fingerprint density at radius 1 is 1.39 bits per heavy atom. The molecule has 2 aromatic rings. The second-order valence-electron chi connectivity index (χ2n) is 3.69. The van der Waals surface area contributed by atoms with E-state index in [-0.39, 0.29) is 11.7 Å². The maximum atomic E-state index is 13.5. The van der Waals surface area contributed by atoms with E-state index >= 15 is 0 Å². The molecule has 18 heavy (non-hydrogen) atoms. The van der Waals surface area contributed by atoms with Crippen LogP contribution in [0.4, 0.5) is 9.52 Å². The summed E-state index contributed by atoms with van der Waals surface area (Å²) in [7, 11) is 0. The Hall–Kier alpha value is -1.82. The van der Waals surface area contributed by atoms with Crippen molar-refractivity contribution in [1.82, 2.24) is 10.2 Å². The first-order valence-corrected chi connectivity index (χ1v) is 6.40. The molecule has 0 fully saturated rings. The average molecular weight is 265 g/mol. The molecule has 1 N–H and O–H groups in total. The van der Waals surface area contributed by atoms with Crippen LogP contribution >= 0.6 is 11.3 Å². The van der Waals surface area contributed by atoms with Gasteiger partial charge in [0.1, 0.15) is 5.82 Å². The van der Waals surface area contributed by atoms with Gasteiger partial charge in [-0.3, -0.25) is 4.79 Å². The zero-order valence-corrected chi connectivity index (χ0v) is 10.6. The molecular formula is C12H12FN3OS. The number of amides is 1. The molecule has 0 aliphatic heterocycles. The third-order valence-electron chi connectivity index (χ3n) is 2.25. The highest BCUT2D eigenvalue weighted by Crippen LogP contribution is 2.28. The molecule has 1 aromatic heterocycles. The minimum Gasteiger partial charge on any atom is -0.301 e. The lowest BCUT2D eigenvalue weighted by atomic mass is 10.2. The van der Waals surface area contributed by atoms with E-state index in [1.54, 1.807) is 18.2 Å². The minimum atomic E-state index is -0.347. The van der Waals surface area contributed by atoms with Crippen LogP contribution in [0.15, 0.2) is 24.3 Å². The first-order valence-electron chi connectivity index (χ1n) is 5.59. The summed E-state index contributed by atoms with van der Waals surface area (Å²) in [5, 5.41) is 11.2. The minimum absolute atomic E-state index is 0.103. The Bertz CT molecular complexity index is 556. The molecule has 0 aliphatic carbocycles.